The number of halogens is 2. The Kier molecular flexibility index (Phi) is 3.86. The molecule has 1 aromatic heterocycles. The van der Waals surface area contributed by atoms with E-state index in [1.165, 1.54) is 12.1 Å². The maximum absolute atomic E-state index is 13.8. The van der Waals surface area contributed by atoms with Crippen LogP contribution in [0.5, 0.6) is 0 Å². The standard InChI is InChI=1S/C17H14ClFN2/c18-14-4-5-15(19)13(9-14)10-16(20)11-3-6-17-12(8-11)2-1-7-21-17/h1-9,16H,10,20H2. The lowest BCUT2D eigenvalue weighted by atomic mass is 9.98. The van der Waals surface area contributed by atoms with Crippen LogP contribution in [-0.2, 0) is 6.42 Å². The van der Waals surface area contributed by atoms with Crippen LogP contribution in [0.1, 0.15) is 17.2 Å². The molecular weight excluding hydrogens is 287 g/mol. The largest absolute Gasteiger partial charge is 0.324 e. The van der Waals surface area contributed by atoms with Crippen LogP contribution < -0.4 is 5.73 Å². The van der Waals surface area contributed by atoms with Crippen molar-refractivity contribution in [1.82, 2.24) is 4.98 Å². The molecule has 4 heteroatoms. The first-order valence-corrected chi connectivity index (χ1v) is 7.05. The number of aromatic nitrogens is 1. The molecule has 2 nitrogen and oxygen atoms in total. The highest BCUT2D eigenvalue weighted by Crippen LogP contribution is 2.23. The summed E-state index contributed by atoms with van der Waals surface area (Å²) in [5, 5.41) is 1.54. The molecule has 0 aliphatic rings. The van der Waals surface area contributed by atoms with Crippen molar-refractivity contribution < 1.29 is 4.39 Å². The summed E-state index contributed by atoms with van der Waals surface area (Å²) in [5.41, 5.74) is 8.61. The fraction of sp³-hybridized carbons (Fsp3) is 0.118. The fourth-order valence-electron chi connectivity index (χ4n) is 2.38. The van der Waals surface area contributed by atoms with E-state index in [4.69, 9.17) is 17.3 Å². The molecule has 0 aliphatic heterocycles. The third-order valence-electron chi connectivity index (χ3n) is 3.50. The molecular formula is C17H14ClFN2. The van der Waals surface area contributed by atoms with Crippen molar-refractivity contribution in [1.29, 1.82) is 0 Å². The van der Waals surface area contributed by atoms with Crippen LogP contribution >= 0.6 is 11.6 Å². The summed E-state index contributed by atoms with van der Waals surface area (Å²) in [6, 6.07) is 14.0. The minimum atomic E-state index is -0.289. The van der Waals surface area contributed by atoms with Crippen molar-refractivity contribution in [3.8, 4) is 0 Å². The highest BCUT2D eigenvalue weighted by Gasteiger charge is 2.11. The first-order chi connectivity index (χ1) is 10.1. The molecule has 3 rings (SSSR count). The molecule has 0 fully saturated rings. The zero-order chi connectivity index (χ0) is 14.8. The van der Waals surface area contributed by atoms with Gasteiger partial charge in [0.2, 0.25) is 0 Å². The number of hydrogen-bond donors (Lipinski definition) is 1. The molecule has 1 heterocycles. The van der Waals surface area contributed by atoms with Gasteiger partial charge in [0.1, 0.15) is 5.82 Å². The molecule has 0 saturated carbocycles. The summed E-state index contributed by atoms with van der Waals surface area (Å²) >= 11 is 5.91. The van der Waals surface area contributed by atoms with E-state index < -0.39 is 0 Å². The van der Waals surface area contributed by atoms with Crippen molar-refractivity contribution >= 4 is 22.5 Å². The van der Waals surface area contributed by atoms with Crippen LogP contribution in [0.25, 0.3) is 10.9 Å². The third kappa shape index (κ3) is 3.04. The summed E-state index contributed by atoms with van der Waals surface area (Å²) in [5.74, 6) is -0.280. The Labute approximate surface area is 127 Å². The smallest absolute Gasteiger partial charge is 0.126 e. The second kappa shape index (κ2) is 5.80. The van der Waals surface area contributed by atoms with Crippen molar-refractivity contribution in [2.45, 2.75) is 12.5 Å². The highest BCUT2D eigenvalue weighted by atomic mass is 35.5. The van der Waals surface area contributed by atoms with Gasteiger partial charge in [-0.3, -0.25) is 4.98 Å². The number of benzene rings is 2. The van der Waals surface area contributed by atoms with Crippen LogP contribution in [0.4, 0.5) is 4.39 Å². The Morgan fingerprint density at radius 3 is 2.86 bits per heavy atom. The van der Waals surface area contributed by atoms with Crippen LogP contribution in [-0.4, -0.2) is 4.98 Å². The average molecular weight is 301 g/mol. The van der Waals surface area contributed by atoms with Gasteiger partial charge in [-0.2, -0.15) is 0 Å². The number of pyridine rings is 1. The van der Waals surface area contributed by atoms with Crippen molar-refractivity contribution in [2.75, 3.05) is 0 Å². The quantitative estimate of drug-likeness (QED) is 0.784. The Morgan fingerprint density at radius 1 is 1.14 bits per heavy atom. The lowest BCUT2D eigenvalue weighted by Crippen LogP contribution is -2.14. The van der Waals surface area contributed by atoms with Crippen molar-refractivity contribution in [2.24, 2.45) is 5.73 Å². The van der Waals surface area contributed by atoms with Gasteiger partial charge in [0.15, 0.2) is 0 Å². The Morgan fingerprint density at radius 2 is 2.00 bits per heavy atom. The number of nitrogens with zero attached hydrogens (tertiary/aromatic N) is 1. The molecule has 1 unspecified atom stereocenters. The molecule has 21 heavy (non-hydrogen) atoms. The van der Waals surface area contributed by atoms with Gasteiger partial charge >= 0.3 is 0 Å². The van der Waals surface area contributed by atoms with Crippen molar-refractivity contribution in [3.63, 3.8) is 0 Å². The highest BCUT2D eigenvalue weighted by molar-refractivity contribution is 6.30. The van der Waals surface area contributed by atoms with Crippen molar-refractivity contribution in [3.05, 3.63) is 76.7 Å². The SMILES string of the molecule is NC(Cc1cc(Cl)ccc1F)c1ccc2ncccc2c1. The molecule has 106 valence electrons. The van der Waals surface area contributed by atoms with Gasteiger partial charge in [-0.15, -0.1) is 0 Å². The van der Waals surface area contributed by atoms with Gasteiger partial charge in [-0.25, -0.2) is 4.39 Å². The van der Waals surface area contributed by atoms with E-state index in [-0.39, 0.29) is 11.9 Å². The summed E-state index contributed by atoms with van der Waals surface area (Å²) < 4.78 is 13.8. The molecule has 0 saturated heterocycles. The van der Waals surface area contributed by atoms with E-state index in [0.717, 1.165) is 16.5 Å². The molecule has 0 bridgehead atoms. The zero-order valence-electron chi connectivity index (χ0n) is 11.3. The number of fused-ring (bicyclic) bond motifs is 1. The molecule has 0 aliphatic carbocycles. The topological polar surface area (TPSA) is 38.9 Å². The second-order valence-corrected chi connectivity index (χ2v) is 5.44. The van der Waals surface area contributed by atoms with E-state index in [0.29, 0.717) is 17.0 Å². The molecule has 0 spiro atoms. The maximum Gasteiger partial charge on any atom is 0.126 e. The van der Waals surface area contributed by atoms with Crippen LogP contribution in [0.15, 0.2) is 54.7 Å². The average Bonchev–Trinajstić information content (AvgIpc) is 2.50. The molecule has 2 aromatic carbocycles. The zero-order valence-corrected chi connectivity index (χ0v) is 12.0. The van der Waals surface area contributed by atoms with Gasteiger partial charge in [-0.1, -0.05) is 23.7 Å². The molecule has 3 aromatic rings. The first-order valence-electron chi connectivity index (χ1n) is 6.67. The van der Waals surface area contributed by atoms with E-state index in [1.54, 1.807) is 12.3 Å². The van der Waals surface area contributed by atoms with E-state index >= 15 is 0 Å². The summed E-state index contributed by atoms with van der Waals surface area (Å²) in [6.45, 7) is 0. The minimum absolute atomic E-state index is 0.280. The minimum Gasteiger partial charge on any atom is -0.324 e. The van der Waals surface area contributed by atoms with Crippen LogP contribution in [0.3, 0.4) is 0 Å². The summed E-state index contributed by atoms with van der Waals surface area (Å²) in [7, 11) is 0. The lowest BCUT2D eigenvalue weighted by molar-refractivity contribution is 0.593. The van der Waals surface area contributed by atoms with Gasteiger partial charge in [0.05, 0.1) is 5.52 Å². The Bertz CT molecular complexity index is 789. The summed E-state index contributed by atoms with van der Waals surface area (Å²) in [4.78, 5) is 4.27. The Balaban J connectivity index is 1.89. The third-order valence-corrected chi connectivity index (χ3v) is 3.74. The maximum atomic E-state index is 13.8. The summed E-state index contributed by atoms with van der Waals surface area (Å²) in [6.07, 6.45) is 2.15. The van der Waals surface area contributed by atoms with Gasteiger partial charge < -0.3 is 5.73 Å². The number of hydrogen-bond acceptors (Lipinski definition) is 2. The lowest BCUT2D eigenvalue weighted by Gasteiger charge is -2.13. The van der Waals surface area contributed by atoms with Gasteiger partial charge in [-0.05, 0) is 53.9 Å². The molecule has 2 N–H and O–H groups in total. The first kappa shape index (κ1) is 14.0. The predicted molar refractivity (Wildman–Crippen MR) is 83.8 cm³/mol. The van der Waals surface area contributed by atoms with Gasteiger partial charge in [0.25, 0.3) is 0 Å². The normalized spacial score (nSPS) is 12.5. The molecule has 1 atom stereocenters. The molecule has 0 amide bonds. The van der Waals surface area contributed by atoms with Crippen LogP contribution in [0.2, 0.25) is 5.02 Å². The second-order valence-electron chi connectivity index (χ2n) is 5.00. The van der Waals surface area contributed by atoms with E-state index in [2.05, 4.69) is 4.98 Å². The number of nitrogens with two attached hydrogens (primary N) is 1. The van der Waals surface area contributed by atoms with Gasteiger partial charge in [0, 0.05) is 22.6 Å². The Hall–Kier alpha value is -1.97. The van der Waals surface area contributed by atoms with E-state index in [1.807, 2.05) is 30.3 Å². The monoisotopic (exact) mass is 300 g/mol. The van der Waals surface area contributed by atoms with E-state index in [9.17, 15) is 4.39 Å². The predicted octanol–water partition coefficient (Wildman–Crippen LogP) is 4.27. The fourth-order valence-corrected chi connectivity index (χ4v) is 2.57. The number of rotatable bonds is 3. The van der Waals surface area contributed by atoms with Crippen LogP contribution in [0, 0.1) is 5.82 Å². The molecule has 0 radical (unpaired) electrons.